The fourth-order valence-corrected chi connectivity index (χ4v) is 4.36. The third-order valence-electron chi connectivity index (χ3n) is 5.45. The van der Waals surface area contributed by atoms with Crippen molar-refractivity contribution >= 4 is 30.8 Å². The zero-order chi connectivity index (χ0) is 29.9. The minimum atomic E-state index is -0.102. The van der Waals surface area contributed by atoms with Crippen molar-refractivity contribution in [1.29, 1.82) is 0 Å². The quantitative estimate of drug-likeness (QED) is 0.0750. The van der Waals surface area contributed by atoms with Gasteiger partial charge in [0, 0.05) is 6.42 Å². The summed E-state index contributed by atoms with van der Waals surface area (Å²) >= 11 is 1.58. The summed E-state index contributed by atoms with van der Waals surface area (Å²) in [6, 6.07) is 3.71. The molecule has 40 heavy (non-hydrogen) atoms. The van der Waals surface area contributed by atoms with E-state index in [2.05, 4.69) is 55.3 Å². The first-order valence-electron chi connectivity index (χ1n) is 13.7. The number of rotatable bonds is 20. The zero-order valence-electron chi connectivity index (χ0n) is 24.9. The minimum absolute atomic E-state index is 0.102. The molecule has 0 aliphatic heterocycles. The summed E-state index contributed by atoms with van der Waals surface area (Å²) in [7, 11) is 1.98. The van der Waals surface area contributed by atoms with Crippen molar-refractivity contribution in [3.8, 4) is 0 Å². The molecule has 0 unspecified atom stereocenters. The van der Waals surface area contributed by atoms with Crippen LogP contribution < -0.4 is 5.32 Å². The van der Waals surface area contributed by atoms with Crippen molar-refractivity contribution in [2.45, 2.75) is 72.6 Å². The van der Waals surface area contributed by atoms with Crippen LogP contribution in [0.5, 0.6) is 0 Å². The molecule has 0 spiro atoms. The molecule has 1 aromatic heterocycles. The molecule has 1 heterocycles. The lowest BCUT2D eigenvalue weighted by molar-refractivity contribution is -0.115. The predicted molar refractivity (Wildman–Crippen MR) is 175 cm³/mol. The summed E-state index contributed by atoms with van der Waals surface area (Å²) in [6.07, 6.45) is 13.3. The molecular formula is C33H45BN3O2S. The van der Waals surface area contributed by atoms with Gasteiger partial charge >= 0.3 is 0 Å². The van der Waals surface area contributed by atoms with Gasteiger partial charge in [0.05, 0.1) is 12.3 Å². The van der Waals surface area contributed by atoms with Crippen LogP contribution in [0.4, 0.5) is 5.82 Å². The Morgan fingerprint density at radius 3 is 2.48 bits per heavy atom. The third kappa shape index (κ3) is 15.9. The van der Waals surface area contributed by atoms with E-state index in [9.17, 15) is 4.79 Å². The standard InChI is InChI=1S/C33H45BN3O2S/c1-10-12-15-25(5)23-33(38)35-32-19-18-30(36-37-32)17-14-13-16-28(8)40-29(9)34-27(7)21-26(6)22-31(24(3)4)39-20-11-2/h10,12,15,18-19,22H,3,6-9,11,13-14,16-17,20-21,23H2,1-2,4-5H3,(H,35,37,38)/b12-10-,25-15+,31-22+. The topological polar surface area (TPSA) is 64.1 Å². The summed E-state index contributed by atoms with van der Waals surface area (Å²) < 4.78 is 5.76. The highest BCUT2D eigenvalue weighted by Crippen LogP contribution is 2.28. The number of anilines is 1. The number of nitrogens with one attached hydrogen (secondary N) is 1. The number of hydrogen-bond donors (Lipinski definition) is 1. The Morgan fingerprint density at radius 2 is 1.85 bits per heavy atom. The molecule has 0 fully saturated rings. The fourth-order valence-electron chi connectivity index (χ4n) is 3.52. The number of hydrogen-bond acceptors (Lipinski definition) is 5. The van der Waals surface area contributed by atoms with Gasteiger partial charge in [0.2, 0.25) is 5.91 Å². The Morgan fingerprint density at radius 1 is 1.10 bits per heavy atom. The molecule has 1 amide bonds. The highest BCUT2D eigenvalue weighted by molar-refractivity contribution is 8.08. The van der Waals surface area contributed by atoms with Crippen molar-refractivity contribution < 1.29 is 9.53 Å². The van der Waals surface area contributed by atoms with Crippen LogP contribution in [0, 0.1) is 0 Å². The van der Waals surface area contributed by atoms with Crippen LogP contribution in [-0.2, 0) is 16.0 Å². The van der Waals surface area contributed by atoms with Crippen LogP contribution in [0.2, 0.25) is 0 Å². The maximum Gasteiger partial charge on any atom is 0.229 e. The van der Waals surface area contributed by atoms with E-state index in [1.54, 1.807) is 17.8 Å². The van der Waals surface area contributed by atoms with Gasteiger partial charge in [-0.05, 0) is 93.6 Å². The van der Waals surface area contributed by atoms with E-state index in [1.807, 2.05) is 58.4 Å². The maximum atomic E-state index is 12.1. The molecule has 1 radical (unpaired) electrons. The summed E-state index contributed by atoms with van der Waals surface area (Å²) in [5.74, 6) is 1.14. The predicted octanol–water partition coefficient (Wildman–Crippen LogP) is 8.81. The molecule has 5 nitrogen and oxygen atoms in total. The lowest BCUT2D eigenvalue weighted by Crippen LogP contribution is -2.13. The number of carbonyl (C=O) groups excluding carboxylic acids is 1. The summed E-state index contributed by atoms with van der Waals surface area (Å²) in [4.78, 5) is 14.1. The highest BCUT2D eigenvalue weighted by Gasteiger charge is 2.08. The number of unbranched alkanes of at least 4 members (excludes halogenated alkanes) is 1. The monoisotopic (exact) mass is 558 g/mol. The smallest absolute Gasteiger partial charge is 0.229 e. The average molecular weight is 559 g/mol. The minimum Gasteiger partial charge on any atom is -0.493 e. The number of thioether (sulfide) groups is 1. The Labute approximate surface area is 247 Å². The van der Waals surface area contributed by atoms with E-state index < -0.39 is 0 Å². The van der Waals surface area contributed by atoms with Crippen LogP contribution in [0.15, 0.2) is 107 Å². The first-order valence-corrected chi connectivity index (χ1v) is 14.5. The van der Waals surface area contributed by atoms with Gasteiger partial charge in [-0.3, -0.25) is 4.79 Å². The van der Waals surface area contributed by atoms with Crippen molar-refractivity contribution in [3.05, 3.63) is 113 Å². The van der Waals surface area contributed by atoms with E-state index in [0.717, 1.165) is 75.5 Å². The molecule has 213 valence electrons. The molecule has 0 aliphatic carbocycles. The summed E-state index contributed by atoms with van der Waals surface area (Å²) in [5.41, 5.74) is 4.61. The normalized spacial score (nSPS) is 11.7. The number of allylic oxidation sites excluding steroid dienone is 8. The average Bonchev–Trinajstić information content (AvgIpc) is 2.88. The molecule has 1 rings (SSSR count). The first kappa shape index (κ1) is 34.7. The Hall–Kier alpha value is -3.32. The fraction of sp³-hybridized carbons (Fsp3) is 0.364. The zero-order valence-corrected chi connectivity index (χ0v) is 25.7. The summed E-state index contributed by atoms with van der Waals surface area (Å²) in [5, 5.41) is 11.2. The Kier molecular flexibility index (Phi) is 17.1. The Bertz CT molecular complexity index is 1150. The first-order chi connectivity index (χ1) is 19.0. The molecule has 0 atom stereocenters. The molecule has 0 aromatic carbocycles. The van der Waals surface area contributed by atoms with Crippen LogP contribution in [0.3, 0.4) is 0 Å². The van der Waals surface area contributed by atoms with Gasteiger partial charge in [-0.15, -0.1) is 28.9 Å². The second kappa shape index (κ2) is 19.7. The molecule has 1 N–H and O–H groups in total. The van der Waals surface area contributed by atoms with Gasteiger partial charge in [-0.1, -0.05) is 61.8 Å². The molecule has 0 bridgehead atoms. The van der Waals surface area contributed by atoms with Crippen LogP contribution in [0.1, 0.15) is 71.9 Å². The lowest BCUT2D eigenvalue weighted by atomic mass is 9.68. The Balaban J connectivity index is 2.35. The van der Waals surface area contributed by atoms with E-state index in [0.29, 0.717) is 25.3 Å². The molecule has 0 aliphatic rings. The lowest BCUT2D eigenvalue weighted by Gasteiger charge is -2.12. The van der Waals surface area contributed by atoms with Crippen molar-refractivity contribution in [2.75, 3.05) is 11.9 Å². The van der Waals surface area contributed by atoms with Crippen LogP contribution in [0.25, 0.3) is 0 Å². The number of ether oxygens (including phenoxy) is 1. The van der Waals surface area contributed by atoms with Gasteiger partial charge in [0.1, 0.15) is 5.76 Å². The second-order valence-corrected chi connectivity index (χ2v) is 11.1. The highest BCUT2D eigenvalue weighted by atomic mass is 32.2. The number of aryl methyl sites for hydroxylation is 1. The number of carbonyl (C=O) groups is 1. The maximum absolute atomic E-state index is 12.1. The van der Waals surface area contributed by atoms with Gasteiger partial charge in [0.15, 0.2) is 13.1 Å². The third-order valence-corrected chi connectivity index (χ3v) is 6.32. The molecule has 7 heteroatoms. The van der Waals surface area contributed by atoms with Crippen molar-refractivity contribution in [3.63, 3.8) is 0 Å². The molecule has 1 aromatic rings. The molecule has 0 saturated heterocycles. The number of aromatic nitrogens is 2. The number of amides is 1. The van der Waals surface area contributed by atoms with Crippen molar-refractivity contribution in [2.24, 2.45) is 0 Å². The van der Waals surface area contributed by atoms with Crippen molar-refractivity contribution in [1.82, 2.24) is 10.2 Å². The van der Waals surface area contributed by atoms with E-state index >= 15 is 0 Å². The molecule has 0 saturated carbocycles. The van der Waals surface area contributed by atoms with E-state index in [1.165, 1.54) is 0 Å². The van der Waals surface area contributed by atoms with Gasteiger partial charge < -0.3 is 10.1 Å². The van der Waals surface area contributed by atoms with Crippen LogP contribution in [-0.4, -0.2) is 30.0 Å². The van der Waals surface area contributed by atoms with Gasteiger partial charge in [0.25, 0.3) is 0 Å². The van der Waals surface area contributed by atoms with Crippen LogP contribution >= 0.6 is 11.8 Å². The largest absolute Gasteiger partial charge is 0.493 e. The van der Waals surface area contributed by atoms with Gasteiger partial charge in [-0.2, -0.15) is 5.10 Å². The van der Waals surface area contributed by atoms with Gasteiger partial charge in [-0.25, -0.2) is 0 Å². The molecular weight excluding hydrogens is 513 g/mol. The summed E-state index contributed by atoms with van der Waals surface area (Å²) in [6.45, 7) is 29.1. The van der Waals surface area contributed by atoms with E-state index in [4.69, 9.17) is 4.74 Å². The second-order valence-electron chi connectivity index (χ2n) is 9.76. The SMILES string of the molecule is C=C([B]C(=C)SC(=C)CCCCc1ccc(NC(=O)C/C(C)=C/C=C\C)nn1)CC(=C)/C=C(/OCCC)C(=C)C. The van der Waals surface area contributed by atoms with E-state index in [-0.39, 0.29) is 5.91 Å². The number of nitrogens with zero attached hydrogens (tertiary/aromatic N) is 2.